The summed E-state index contributed by atoms with van der Waals surface area (Å²) in [6.45, 7) is 3.29. The Hall–Kier alpha value is -1.67. The van der Waals surface area contributed by atoms with Crippen LogP contribution >= 0.6 is 0 Å². The third-order valence-electron chi connectivity index (χ3n) is 9.14. The summed E-state index contributed by atoms with van der Waals surface area (Å²) in [5, 5.41) is 75.0. The molecule has 9 unspecified atom stereocenters. The molecule has 0 aliphatic carbocycles. The van der Waals surface area contributed by atoms with Crippen LogP contribution in [-0.2, 0) is 14.3 Å². The maximum atomic E-state index is 12.9. The molecule has 11 heteroatoms. The van der Waals surface area contributed by atoms with E-state index in [0.717, 1.165) is 51.4 Å². The lowest BCUT2D eigenvalue weighted by atomic mass is 9.98. The normalized spacial score (nSPS) is 23.9. The first kappa shape index (κ1) is 46.4. The Morgan fingerprint density at radius 2 is 1.22 bits per heavy atom. The molecule has 1 rings (SSSR count). The van der Waals surface area contributed by atoms with Crippen LogP contribution in [0.25, 0.3) is 0 Å². The van der Waals surface area contributed by atoms with Crippen molar-refractivity contribution in [3.63, 3.8) is 0 Å². The maximum absolute atomic E-state index is 12.9. The van der Waals surface area contributed by atoms with Crippen molar-refractivity contribution >= 4 is 5.91 Å². The molecule has 1 aliphatic rings. The second-order valence-corrected chi connectivity index (χ2v) is 13.6. The lowest BCUT2D eigenvalue weighted by Gasteiger charge is -2.40. The second-order valence-electron chi connectivity index (χ2n) is 13.6. The van der Waals surface area contributed by atoms with Gasteiger partial charge in [-0.2, -0.15) is 0 Å². The van der Waals surface area contributed by atoms with Crippen LogP contribution in [0.4, 0.5) is 0 Å². The molecule has 0 aromatic rings. The predicted molar refractivity (Wildman–Crippen MR) is 196 cm³/mol. The van der Waals surface area contributed by atoms with E-state index in [1.54, 1.807) is 0 Å². The molecule has 1 heterocycles. The molecule has 0 bridgehead atoms. The first-order chi connectivity index (χ1) is 24.2. The first-order valence-electron chi connectivity index (χ1n) is 19.4. The highest BCUT2D eigenvalue weighted by molar-refractivity contribution is 5.80. The fraction of sp³-hybridized carbons (Fsp3) is 0.821. The first-order valence-corrected chi connectivity index (χ1v) is 19.4. The molecule has 0 aromatic heterocycles. The largest absolute Gasteiger partial charge is 0.394 e. The van der Waals surface area contributed by atoms with Gasteiger partial charge in [-0.05, 0) is 70.6 Å². The van der Waals surface area contributed by atoms with Crippen LogP contribution in [-0.4, -0.2) is 110 Å². The van der Waals surface area contributed by atoms with E-state index in [9.17, 15) is 40.5 Å². The Labute approximate surface area is 301 Å². The van der Waals surface area contributed by atoms with Crippen LogP contribution in [0, 0.1) is 0 Å². The predicted octanol–water partition coefficient (Wildman–Crippen LogP) is 4.49. The Morgan fingerprint density at radius 3 is 1.82 bits per heavy atom. The van der Waals surface area contributed by atoms with Gasteiger partial charge in [0.1, 0.15) is 36.6 Å². The summed E-state index contributed by atoms with van der Waals surface area (Å²) in [7, 11) is 0. The van der Waals surface area contributed by atoms with Crippen molar-refractivity contribution in [2.45, 2.75) is 191 Å². The average molecular weight is 714 g/mol. The molecule has 0 aromatic carbocycles. The van der Waals surface area contributed by atoms with E-state index in [1.807, 2.05) is 0 Å². The van der Waals surface area contributed by atoms with Gasteiger partial charge in [0.15, 0.2) is 6.29 Å². The molecule has 0 radical (unpaired) electrons. The summed E-state index contributed by atoms with van der Waals surface area (Å²) in [4.78, 5) is 12.9. The number of carbonyl (C=O) groups excluding carboxylic acids is 1. The second kappa shape index (κ2) is 29.9. The van der Waals surface area contributed by atoms with Crippen molar-refractivity contribution in [2.75, 3.05) is 13.2 Å². The van der Waals surface area contributed by atoms with Gasteiger partial charge in [-0.3, -0.25) is 4.79 Å². The van der Waals surface area contributed by atoms with Crippen molar-refractivity contribution in [2.24, 2.45) is 0 Å². The number of amides is 1. The van der Waals surface area contributed by atoms with Crippen molar-refractivity contribution in [3.8, 4) is 0 Å². The van der Waals surface area contributed by atoms with E-state index in [1.165, 1.54) is 38.5 Å². The molecule has 50 heavy (non-hydrogen) atoms. The number of aliphatic hydroxyl groups is 7. The maximum Gasteiger partial charge on any atom is 0.249 e. The van der Waals surface area contributed by atoms with Crippen molar-refractivity contribution in [3.05, 3.63) is 36.5 Å². The van der Waals surface area contributed by atoms with Gasteiger partial charge < -0.3 is 50.5 Å². The highest BCUT2D eigenvalue weighted by Crippen LogP contribution is 2.23. The van der Waals surface area contributed by atoms with Gasteiger partial charge in [0.25, 0.3) is 0 Å². The van der Waals surface area contributed by atoms with Crippen molar-refractivity contribution in [1.82, 2.24) is 5.32 Å². The minimum Gasteiger partial charge on any atom is -0.394 e. The molecule has 292 valence electrons. The average Bonchev–Trinajstić information content (AvgIpc) is 3.11. The van der Waals surface area contributed by atoms with E-state index >= 15 is 0 Å². The molecule has 1 saturated heterocycles. The van der Waals surface area contributed by atoms with Crippen LogP contribution in [0.3, 0.4) is 0 Å². The molecule has 0 spiro atoms. The summed E-state index contributed by atoms with van der Waals surface area (Å²) >= 11 is 0. The van der Waals surface area contributed by atoms with E-state index in [4.69, 9.17) is 9.47 Å². The molecule has 0 saturated carbocycles. The minimum atomic E-state index is -1.67. The van der Waals surface area contributed by atoms with Gasteiger partial charge in [-0.15, -0.1) is 0 Å². The summed E-state index contributed by atoms with van der Waals surface area (Å²) < 4.78 is 11.0. The fourth-order valence-electron chi connectivity index (χ4n) is 5.79. The Kier molecular flexibility index (Phi) is 27.7. The highest BCUT2D eigenvalue weighted by atomic mass is 16.7. The number of hydrogen-bond donors (Lipinski definition) is 8. The lowest BCUT2D eigenvalue weighted by molar-refractivity contribution is -0.303. The zero-order chi connectivity index (χ0) is 37.0. The Morgan fingerprint density at radius 1 is 0.680 bits per heavy atom. The molecular weight excluding hydrogens is 642 g/mol. The number of nitrogens with one attached hydrogen (secondary N) is 1. The summed E-state index contributed by atoms with van der Waals surface area (Å²) in [6, 6.07) is -1.19. The number of rotatable bonds is 30. The third-order valence-corrected chi connectivity index (χ3v) is 9.14. The van der Waals surface area contributed by atoms with Gasteiger partial charge in [0.05, 0.1) is 25.4 Å². The number of unbranched alkanes of at least 4 members (excludes halogenated alkanes) is 12. The highest BCUT2D eigenvalue weighted by Gasteiger charge is 2.44. The van der Waals surface area contributed by atoms with E-state index < -0.39 is 74.2 Å². The van der Waals surface area contributed by atoms with Gasteiger partial charge in [0, 0.05) is 0 Å². The number of carbonyl (C=O) groups is 1. The van der Waals surface area contributed by atoms with Crippen LogP contribution in [0.5, 0.6) is 0 Å². The van der Waals surface area contributed by atoms with Gasteiger partial charge in [-0.25, -0.2) is 0 Å². The molecular formula is C39H71NO10. The smallest absolute Gasteiger partial charge is 0.249 e. The molecule has 1 fully saturated rings. The van der Waals surface area contributed by atoms with E-state index in [-0.39, 0.29) is 12.8 Å². The minimum absolute atomic E-state index is 0.228. The summed E-state index contributed by atoms with van der Waals surface area (Å²) in [5.74, 6) is -0.730. The van der Waals surface area contributed by atoms with Crippen LogP contribution in [0.1, 0.15) is 136 Å². The molecule has 11 nitrogen and oxygen atoms in total. The summed E-state index contributed by atoms with van der Waals surface area (Å²) in [5.41, 5.74) is 0. The third kappa shape index (κ3) is 20.4. The van der Waals surface area contributed by atoms with Crippen molar-refractivity contribution in [1.29, 1.82) is 0 Å². The molecule has 8 N–H and O–H groups in total. The SMILES string of the molecule is CCCC/C=C\CCCCCC(O)C(=O)NC(COC1OC(CO)C(O)C(O)C1O)C(O)C(O)CCC/C=C/CC/C=C/CCCCCCC. The monoisotopic (exact) mass is 714 g/mol. The quantitative estimate of drug-likeness (QED) is 0.0389. The van der Waals surface area contributed by atoms with Crippen molar-refractivity contribution < 1.29 is 50.0 Å². The number of aliphatic hydroxyl groups excluding tert-OH is 7. The zero-order valence-electron chi connectivity index (χ0n) is 30.9. The molecule has 9 atom stereocenters. The topological polar surface area (TPSA) is 189 Å². The Bertz CT molecular complexity index is 913. The standard InChI is InChI=1S/C39H71NO10/c1-3-5-7-9-11-13-14-15-16-17-19-20-22-24-26-31(42)34(44)30(29-49-39-37(47)36(46)35(45)33(28-41)50-39)40-38(48)32(43)27-25-23-21-18-12-10-8-6-4-2/h10,12,14-15,19-20,30-37,39,41-47H,3-9,11,13,16-18,21-29H2,1-2H3,(H,40,48)/b12-10-,15-14+,20-19+. The van der Waals surface area contributed by atoms with Gasteiger partial charge >= 0.3 is 0 Å². The lowest BCUT2D eigenvalue weighted by Crippen LogP contribution is -2.60. The Balaban J connectivity index is 2.62. The molecule has 1 aliphatic heterocycles. The van der Waals surface area contributed by atoms with Gasteiger partial charge in [0.2, 0.25) is 5.91 Å². The zero-order valence-corrected chi connectivity index (χ0v) is 30.9. The van der Waals surface area contributed by atoms with Crippen LogP contribution in [0.15, 0.2) is 36.5 Å². The fourth-order valence-corrected chi connectivity index (χ4v) is 5.79. The van der Waals surface area contributed by atoms with E-state index in [0.29, 0.717) is 19.3 Å². The van der Waals surface area contributed by atoms with Gasteiger partial charge in [-0.1, -0.05) is 102 Å². The number of ether oxygens (including phenoxy) is 2. The summed E-state index contributed by atoms with van der Waals surface area (Å²) in [6.07, 6.45) is 19.3. The molecule has 1 amide bonds. The van der Waals surface area contributed by atoms with Crippen LogP contribution < -0.4 is 5.32 Å². The number of hydrogen-bond acceptors (Lipinski definition) is 10. The van der Waals surface area contributed by atoms with Crippen LogP contribution in [0.2, 0.25) is 0 Å². The number of allylic oxidation sites excluding steroid dienone is 6. The van der Waals surface area contributed by atoms with E-state index in [2.05, 4.69) is 55.6 Å².